The molecule has 0 atom stereocenters. The van der Waals surface area contributed by atoms with Crippen LogP contribution in [0.25, 0.3) is 0 Å². The molecule has 1 aromatic carbocycles. The van der Waals surface area contributed by atoms with E-state index in [1.807, 2.05) is 36.5 Å². The molecule has 0 spiro atoms. The number of nitrogens with one attached hydrogen (secondary N) is 2. The highest BCUT2D eigenvalue weighted by molar-refractivity contribution is 5.91. The summed E-state index contributed by atoms with van der Waals surface area (Å²) in [5.41, 5.74) is 1.97. The van der Waals surface area contributed by atoms with Crippen LogP contribution in [-0.4, -0.2) is 11.9 Å². The van der Waals surface area contributed by atoms with Crippen molar-refractivity contribution in [2.45, 2.75) is 40.3 Å². The van der Waals surface area contributed by atoms with Crippen LogP contribution in [0.1, 0.15) is 33.3 Å². The van der Waals surface area contributed by atoms with Gasteiger partial charge in [-0.3, -0.25) is 5.41 Å². The first-order chi connectivity index (χ1) is 9.00. The molecule has 0 amide bonds. The Morgan fingerprint density at radius 2 is 1.84 bits per heavy atom. The van der Waals surface area contributed by atoms with E-state index in [0.717, 1.165) is 11.1 Å². The van der Waals surface area contributed by atoms with E-state index in [0.29, 0.717) is 12.6 Å². The van der Waals surface area contributed by atoms with E-state index in [-0.39, 0.29) is 11.8 Å². The van der Waals surface area contributed by atoms with E-state index in [2.05, 4.69) is 33.0 Å². The van der Waals surface area contributed by atoms with Crippen LogP contribution in [0.4, 0.5) is 0 Å². The average molecular weight is 260 g/mol. The van der Waals surface area contributed by atoms with Crippen LogP contribution in [0.15, 0.2) is 42.1 Å². The summed E-state index contributed by atoms with van der Waals surface area (Å²) in [6, 6.07) is 10.3. The van der Waals surface area contributed by atoms with Gasteiger partial charge in [-0.2, -0.15) is 0 Å². The number of hydrogen-bond donors (Lipinski definition) is 2. The second-order valence-corrected chi connectivity index (χ2v) is 5.18. The zero-order chi connectivity index (χ0) is 14.3. The SMILES string of the molecule is CC(C)N/C=C(\C(=N)OCc1ccccc1)C(C)C. The third-order valence-electron chi connectivity index (χ3n) is 2.68. The smallest absolute Gasteiger partial charge is 0.211 e. The van der Waals surface area contributed by atoms with Crippen molar-refractivity contribution in [2.24, 2.45) is 5.92 Å². The van der Waals surface area contributed by atoms with Gasteiger partial charge in [0.05, 0.1) is 0 Å². The van der Waals surface area contributed by atoms with Crippen LogP contribution in [0.3, 0.4) is 0 Å². The zero-order valence-corrected chi connectivity index (χ0v) is 12.2. The Morgan fingerprint density at radius 1 is 1.21 bits per heavy atom. The maximum Gasteiger partial charge on any atom is 0.211 e. The molecule has 0 saturated heterocycles. The molecule has 1 aromatic rings. The molecule has 0 aromatic heterocycles. The molecule has 1 rings (SSSR count). The fourth-order valence-electron chi connectivity index (χ4n) is 1.56. The zero-order valence-electron chi connectivity index (χ0n) is 12.2. The molecule has 2 N–H and O–H groups in total. The topological polar surface area (TPSA) is 45.1 Å². The van der Waals surface area contributed by atoms with Gasteiger partial charge >= 0.3 is 0 Å². The Labute approximate surface area is 116 Å². The van der Waals surface area contributed by atoms with Crippen LogP contribution >= 0.6 is 0 Å². The van der Waals surface area contributed by atoms with Crippen molar-refractivity contribution >= 4 is 5.90 Å². The Balaban J connectivity index is 2.60. The first-order valence-electron chi connectivity index (χ1n) is 6.72. The summed E-state index contributed by atoms with van der Waals surface area (Å²) >= 11 is 0. The molecule has 3 heteroatoms. The quantitative estimate of drug-likeness (QED) is 0.605. The molecule has 0 heterocycles. The molecular weight excluding hydrogens is 236 g/mol. The lowest BCUT2D eigenvalue weighted by atomic mass is 10.0. The van der Waals surface area contributed by atoms with Crippen molar-refractivity contribution in [3.63, 3.8) is 0 Å². The fourth-order valence-corrected chi connectivity index (χ4v) is 1.56. The largest absolute Gasteiger partial charge is 0.473 e. The minimum absolute atomic E-state index is 0.243. The van der Waals surface area contributed by atoms with Gasteiger partial charge in [0.25, 0.3) is 0 Å². The molecule has 3 nitrogen and oxygen atoms in total. The molecule has 0 saturated carbocycles. The van der Waals surface area contributed by atoms with Gasteiger partial charge in [0.15, 0.2) is 0 Å². The van der Waals surface area contributed by atoms with E-state index < -0.39 is 0 Å². The van der Waals surface area contributed by atoms with Gasteiger partial charge in [-0.15, -0.1) is 0 Å². The van der Waals surface area contributed by atoms with Gasteiger partial charge in [0, 0.05) is 17.8 Å². The average Bonchev–Trinajstić information content (AvgIpc) is 2.37. The third kappa shape index (κ3) is 5.60. The summed E-state index contributed by atoms with van der Waals surface area (Å²) in [6.45, 7) is 8.71. The molecule has 0 bridgehead atoms. The first kappa shape index (κ1) is 15.3. The predicted octanol–water partition coefficient (Wildman–Crippen LogP) is 3.72. The highest BCUT2D eigenvalue weighted by atomic mass is 16.5. The van der Waals surface area contributed by atoms with Crippen LogP contribution in [0.5, 0.6) is 0 Å². The second kappa shape index (κ2) is 7.62. The molecule has 0 aliphatic rings. The summed E-state index contributed by atoms with van der Waals surface area (Å²) in [4.78, 5) is 0. The Hall–Kier alpha value is -1.77. The lowest BCUT2D eigenvalue weighted by molar-refractivity contribution is 0.287. The normalized spacial score (nSPS) is 11.8. The van der Waals surface area contributed by atoms with E-state index in [9.17, 15) is 0 Å². The van der Waals surface area contributed by atoms with Gasteiger partial charge < -0.3 is 10.1 Å². The number of ether oxygens (including phenoxy) is 1. The van der Waals surface area contributed by atoms with Crippen LogP contribution in [0, 0.1) is 11.3 Å². The summed E-state index contributed by atoms with van der Waals surface area (Å²) in [7, 11) is 0. The first-order valence-corrected chi connectivity index (χ1v) is 6.72. The van der Waals surface area contributed by atoms with Gasteiger partial charge in [0.1, 0.15) is 6.61 Å². The van der Waals surface area contributed by atoms with Gasteiger partial charge in [-0.05, 0) is 25.3 Å². The van der Waals surface area contributed by atoms with E-state index in [4.69, 9.17) is 10.1 Å². The predicted molar refractivity (Wildman–Crippen MR) is 80.2 cm³/mol. The summed E-state index contributed by atoms with van der Waals surface area (Å²) in [5.74, 6) is 0.501. The third-order valence-corrected chi connectivity index (χ3v) is 2.68. The summed E-state index contributed by atoms with van der Waals surface area (Å²) in [5, 5.41) is 11.3. The summed E-state index contributed by atoms with van der Waals surface area (Å²) < 4.78 is 5.56. The van der Waals surface area contributed by atoms with E-state index >= 15 is 0 Å². The van der Waals surface area contributed by atoms with Crippen molar-refractivity contribution in [2.75, 3.05) is 0 Å². The highest BCUT2D eigenvalue weighted by Gasteiger charge is 2.11. The minimum Gasteiger partial charge on any atom is -0.473 e. The molecule has 0 unspecified atom stereocenters. The van der Waals surface area contributed by atoms with Gasteiger partial charge in [-0.1, -0.05) is 44.2 Å². The lowest BCUT2D eigenvalue weighted by Gasteiger charge is -2.15. The lowest BCUT2D eigenvalue weighted by Crippen LogP contribution is -2.20. The molecule has 104 valence electrons. The number of rotatable bonds is 6. The molecular formula is C16H24N2O. The monoisotopic (exact) mass is 260 g/mol. The molecule has 0 aliphatic heterocycles. The van der Waals surface area contributed by atoms with Gasteiger partial charge in [-0.25, -0.2) is 0 Å². The van der Waals surface area contributed by atoms with Crippen molar-refractivity contribution < 1.29 is 4.74 Å². The van der Waals surface area contributed by atoms with E-state index in [1.165, 1.54) is 0 Å². The summed E-state index contributed by atoms with van der Waals surface area (Å²) in [6.07, 6.45) is 1.89. The second-order valence-electron chi connectivity index (χ2n) is 5.18. The minimum atomic E-state index is 0.243. The Morgan fingerprint density at radius 3 is 2.37 bits per heavy atom. The van der Waals surface area contributed by atoms with Crippen molar-refractivity contribution in [3.05, 3.63) is 47.7 Å². The fraction of sp³-hybridized carbons (Fsp3) is 0.438. The maximum absolute atomic E-state index is 8.04. The Bertz CT molecular complexity index is 422. The van der Waals surface area contributed by atoms with Crippen molar-refractivity contribution in [3.8, 4) is 0 Å². The van der Waals surface area contributed by atoms with Crippen molar-refractivity contribution in [1.29, 1.82) is 5.41 Å². The Kier molecular flexibility index (Phi) is 6.13. The highest BCUT2D eigenvalue weighted by Crippen LogP contribution is 2.12. The standard InChI is InChI=1S/C16H24N2O/c1-12(2)15(10-18-13(3)4)16(17)19-11-14-8-6-5-7-9-14/h5-10,12-13,17-18H,11H2,1-4H3/b15-10-,17-16?. The molecule has 0 aliphatic carbocycles. The van der Waals surface area contributed by atoms with Gasteiger partial charge in [0.2, 0.25) is 5.90 Å². The number of benzene rings is 1. The number of hydrogen-bond acceptors (Lipinski definition) is 3. The van der Waals surface area contributed by atoms with Crippen LogP contribution < -0.4 is 5.32 Å². The molecule has 19 heavy (non-hydrogen) atoms. The molecule has 0 fully saturated rings. The van der Waals surface area contributed by atoms with Crippen LogP contribution in [-0.2, 0) is 11.3 Å². The molecule has 0 radical (unpaired) electrons. The van der Waals surface area contributed by atoms with Crippen LogP contribution in [0.2, 0.25) is 0 Å². The van der Waals surface area contributed by atoms with Crippen molar-refractivity contribution in [1.82, 2.24) is 5.32 Å². The van der Waals surface area contributed by atoms with E-state index in [1.54, 1.807) is 0 Å². The maximum atomic E-state index is 8.04.